The van der Waals surface area contributed by atoms with Gasteiger partial charge in [0.2, 0.25) is 15.9 Å². The Morgan fingerprint density at radius 3 is 2.62 bits per heavy atom. The third-order valence-corrected chi connectivity index (χ3v) is 5.30. The molecular weight excluding hydrogens is 318 g/mol. The van der Waals surface area contributed by atoms with Gasteiger partial charge in [0.25, 0.3) is 0 Å². The first-order valence-electron chi connectivity index (χ1n) is 6.33. The Labute approximate surface area is 128 Å². The minimum absolute atomic E-state index is 0.00666. The van der Waals surface area contributed by atoms with E-state index in [1.54, 1.807) is 4.90 Å². The van der Waals surface area contributed by atoms with Gasteiger partial charge in [-0.1, -0.05) is 11.6 Å². The molecule has 0 unspecified atom stereocenters. The molecule has 0 aliphatic carbocycles. The van der Waals surface area contributed by atoms with Crippen molar-refractivity contribution in [2.24, 2.45) is 0 Å². The van der Waals surface area contributed by atoms with Crippen LogP contribution in [0.1, 0.15) is 0 Å². The Hall–Kier alpha value is -1.22. The number of hydrogen-bond donors (Lipinski definition) is 0. The van der Waals surface area contributed by atoms with E-state index in [1.165, 1.54) is 29.7 Å². The van der Waals surface area contributed by atoms with Crippen molar-refractivity contribution in [1.82, 2.24) is 14.2 Å². The average molecular weight is 334 g/mol. The molecule has 0 aromatic carbocycles. The van der Waals surface area contributed by atoms with E-state index in [0.29, 0.717) is 13.1 Å². The van der Waals surface area contributed by atoms with Crippen LogP contribution < -0.4 is 0 Å². The van der Waals surface area contributed by atoms with Crippen molar-refractivity contribution in [2.75, 3.05) is 39.9 Å². The van der Waals surface area contributed by atoms with Crippen molar-refractivity contribution in [3.63, 3.8) is 0 Å². The van der Waals surface area contributed by atoms with Gasteiger partial charge in [0.05, 0.1) is 4.90 Å². The van der Waals surface area contributed by atoms with Gasteiger partial charge < -0.3 is 9.64 Å². The molecule has 0 atom stereocenters. The van der Waals surface area contributed by atoms with Gasteiger partial charge in [0, 0.05) is 39.5 Å². The molecule has 21 heavy (non-hydrogen) atoms. The molecule has 0 bridgehead atoms. The molecule has 1 amide bonds. The molecule has 116 valence electrons. The molecule has 0 saturated carbocycles. The van der Waals surface area contributed by atoms with Gasteiger partial charge in [-0.2, -0.15) is 4.31 Å². The van der Waals surface area contributed by atoms with Gasteiger partial charge in [-0.3, -0.25) is 4.79 Å². The van der Waals surface area contributed by atoms with Gasteiger partial charge >= 0.3 is 0 Å². The molecule has 9 heteroatoms. The number of pyridine rings is 1. The Kier molecular flexibility index (Phi) is 5.15. The number of carbonyl (C=O) groups excluding carboxylic acids is 1. The summed E-state index contributed by atoms with van der Waals surface area (Å²) >= 11 is 5.73. The van der Waals surface area contributed by atoms with E-state index in [0.717, 1.165) is 0 Å². The summed E-state index contributed by atoms with van der Waals surface area (Å²) in [5.41, 5.74) is 0. The number of amides is 1. The quantitative estimate of drug-likeness (QED) is 0.736. The summed E-state index contributed by atoms with van der Waals surface area (Å²) < 4.78 is 31.0. The predicted molar refractivity (Wildman–Crippen MR) is 76.5 cm³/mol. The lowest BCUT2D eigenvalue weighted by Crippen LogP contribution is -2.51. The third-order valence-electron chi connectivity index (χ3n) is 3.19. The lowest BCUT2D eigenvalue weighted by molar-refractivity contribution is -0.136. The summed E-state index contributed by atoms with van der Waals surface area (Å²) in [7, 11) is -2.16. The number of piperazine rings is 1. The SMILES string of the molecule is COCC(=O)N1CCN(S(=O)(=O)c2ccnc(Cl)c2)CC1. The number of nitrogens with zero attached hydrogens (tertiary/aromatic N) is 3. The standard InChI is InChI=1S/C12H16ClN3O4S/c1-20-9-12(17)15-4-6-16(7-5-15)21(18,19)10-2-3-14-11(13)8-10/h2-3,8H,4-7,9H2,1H3. The van der Waals surface area contributed by atoms with Gasteiger partial charge in [0.1, 0.15) is 11.8 Å². The Balaban J connectivity index is 2.06. The van der Waals surface area contributed by atoms with Crippen LogP contribution in [0, 0.1) is 0 Å². The molecule has 2 heterocycles. The highest BCUT2D eigenvalue weighted by Gasteiger charge is 2.30. The van der Waals surface area contributed by atoms with E-state index in [2.05, 4.69) is 4.98 Å². The minimum atomic E-state index is -3.61. The van der Waals surface area contributed by atoms with Crippen LogP contribution in [-0.4, -0.2) is 68.4 Å². The Bertz CT molecular complexity index is 615. The van der Waals surface area contributed by atoms with Crippen LogP contribution in [0.2, 0.25) is 5.15 Å². The maximum Gasteiger partial charge on any atom is 0.248 e. The highest BCUT2D eigenvalue weighted by Crippen LogP contribution is 2.19. The van der Waals surface area contributed by atoms with E-state index >= 15 is 0 Å². The molecule has 2 rings (SSSR count). The molecule has 1 aliphatic heterocycles. The molecule has 0 radical (unpaired) electrons. The molecule has 1 fully saturated rings. The van der Waals surface area contributed by atoms with Crippen molar-refractivity contribution in [3.05, 3.63) is 23.5 Å². The second kappa shape index (κ2) is 6.69. The molecular formula is C12H16ClN3O4S. The predicted octanol–water partition coefficient (Wildman–Crippen LogP) is 0.214. The monoisotopic (exact) mass is 333 g/mol. The summed E-state index contributed by atoms with van der Waals surface area (Å²) in [5, 5.41) is 0.130. The van der Waals surface area contributed by atoms with E-state index in [9.17, 15) is 13.2 Å². The van der Waals surface area contributed by atoms with Crippen molar-refractivity contribution < 1.29 is 17.9 Å². The topological polar surface area (TPSA) is 79.8 Å². The maximum absolute atomic E-state index is 12.5. The highest BCUT2D eigenvalue weighted by atomic mass is 35.5. The lowest BCUT2D eigenvalue weighted by atomic mass is 10.3. The lowest BCUT2D eigenvalue weighted by Gasteiger charge is -2.33. The van der Waals surface area contributed by atoms with Crippen molar-refractivity contribution in [2.45, 2.75) is 4.90 Å². The van der Waals surface area contributed by atoms with Crippen LogP contribution >= 0.6 is 11.6 Å². The number of carbonyl (C=O) groups is 1. The fraction of sp³-hybridized carbons (Fsp3) is 0.500. The molecule has 1 aromatic rings. The first-order chi connectivity index (χ1) is 9.95. The Morgan fingerprint density at radius 1 is 1.38 bits per heavy atom. The number of methoxy groups -OCH3 is 1. The number of hydrogen-bond acceptors (Lipinski definition) is 5. The van der Waals surface area contributed by atoms with Crippen LogP contribution in [0.5, 0.6) is 0 Å². The van der Waals surface area contributed by atoms with Crippen LogP contribution in [0.15, 0.2) is 23.2 Å². The largest absolute Gasteiger partial charge is 0.375 e. The number of ether oxygens (including phenoxy) is 1. The molecule has 0 N–H and O–H groups in total. The first-order valence-corrected chi connectivity index (χ1v) is 8.15. The zero-order chi connectivity index (χ0) is 15.5. The minimum Gasteiger partial charge on any atom is -0.375 e. The molecule has 0 spiro atoms. The van der Waals surface area contributed by atoms with E-state index in [1.807, 2.05) is 0 Å². The van der Waals surface area contributed by atoms with Gasteiger partial charge in [-0.05, 0) is 12.1 Å². The number of halogens is 1. The molecule has 1 aromatic heterocycles. The van der Waals surface area contributed by atoms with Crippen LogP contribution in [0.25, 0.3) is 0 Å². The van der Waals surface area contributed by atoms with Crippen molar-refractivity contribution in [3.8, 4) is 0 Å². The summed E-state index contributed by atoms with van der Waals surface area (Å²) in [5.74, 6) is -0.137. The fourth-order valence-corrected chi connectivity index (χ4v) is 3.76. The zero-order valence-electron chi connectivity index (χ0n) is 11.5. The van der Waals surface area contributed by atoms with Crippen molar-refractivity contribution >= 4 is 27.5 Å². The number of sulfonamides is 1. The summed E-state index contributed by atoms with van der Waals surface area (Å²) in [6.45, 7) is 1.20. The number of rotatable bonds is 4. The van der Waals surface area contributed by atoms with E-state index < -0.39 is 10.0 Å². The van der Waals surface area contributed by atoms with Gasteiger partial charge in [0.15, 0.2) is 0 Å². The van der Waals surface area contributed by atoms with Crippen LogP contribution in [0.3, 0.4) is 0 Å². The molecule has 7 nitrogen and oxygen atoms in total. The second-order valence-electron chi connectivity index (χ2n) is 4.53. The van der Waals surface area contributed by atoms with E-state index in [-0.39, 0.29) is 35.7 Å². The van der Waals surface area contributed by atoms with E-state index in [4.69, 9.17) is 16.3 Å². The second-order valence-corrected chi connectivity index (χ2v) is 6.86. The van der Waals surface area contributed by atoms with Crippen molar-refractivity contribution in [1.29, 1.82) is 0 Å². The highest BCUT2D eigenvalue weighted by molar-refractivity contribution is 7.89. The first kappa shape index (κ1) is 16.2. The average Bonchev–Trinajstić information content (AvgIpc) is 2.47. The molecule has 1 aliphatic rings. The third kappa shape index (κ3) is 3.70. The van der Waals surface area contributed by atoms with Gasteiger partial charge in [-0.15, -0.1) is 0 Å². The maximum atomic E-state index is 12.5. The smallest absolute Gasteiger partial charge is 0.248 e. The zero-order valence-corrected chi connectivity index (χ0v) is 13.1. The summed E-state index contributed by atoms with van der Waals surface area (Å²) in [6.07, 6.45) is 1.35. The van der Waals surface area contributed by atoms with Crippen LogP contribution in [-0.2, 0) is 19.6 Å². The fourth-order valence-electron chi connectivity index (χ4n) is 2.09. The normalized spacial score (nSPS) is 17.0. The van der Waals surface area contributed by atoms with Crippen LogP contribution in [0.4, 0.5) is 0 Å². The summed E-state index contributed by atoms with van der Waals surface area (Å²) in [4.78, 5) is 17.1. The summed E-state index contributed by atoms with van der Waals surface area (Å²) in [6, 6.07) is 2.73. The van der Waals surface area contributed by atoms with Gasteiger partial charge in [-0.25, -0.2) is 13.4 Å². The Morgan fingerprint density at radius 2 is 2.05 bits per heavy atom. The molecule has 1 saturated heterocycles. The number of aromatic nitrogens is 1.